The van der Waals surface area contributed by atoms with Gasteiger partial charge in [-0.1, -0.05) is 26.7 Å². The van der Waals surface area contributed by atoms with Crippen molar-refractivity contribution >= 4 is 17.4 Å². The van der Waals surface area contributed by atoms with Crippen molar-refractivity contribution < 1.29 is 0 Å². The standard InChI is InChI=1S/C16H25NS/c1-3-13(4-2)17-14-9-11-16(12-10-14)18-15-7-5-6-8-15/h9-13,15,17H,3-8H2,1-2H3. The zero-order chi connectivity index (χ0) is 12.8. The first-order valence-electron chi connectivity index (χ1n) is 7.35. The van der Waals surface area contributed by atoms with Gasteiger partial charge in [-0.2, -0.15) is 0 Å². The van der Waals surface area contributed by atoms with E-state index < -0.39 is 0 Å². The number of anilines is 1. The van der Waals surface area contributed by atoms with Crippen molar-refractivity contribution in [2.24, 2.45) is 0 Å². The predicted molar refractivity (Wildman–Crippen MR) is 82.5 cm³/mol. The molecule has 0 aliphatic heterocycles. The SMILES string of the molecule is CCC(CC)Nc1ccc(SC2CCCC2)cc1. The third kappa shape index (κ3) is 3.94. The molecule has 1 nitrogen and oxygen atoms in total. The summed E-state index contributed by atoms with van der Waals surface area (Å²) in [6, 6.07) is 9.62. The van der Waals surface area contributed by atoms with Gasteiger partial charge in [-0.15, -0.1) is 11.8 Å². The number of benzene rings is 1. The summed E-state index contributed by atoms with van der Waals surface area (Å²) in [5.41, 5.74) is 1.26. The first kappa shape index (κ1) is 13.8. The van der Waals surface area contributed by atoms with E-state index in [1.807, 2.05) is 0 Å². The minimum Gasteiger partial charge on any atom is -0.382 e. The maximum absolute atomic E-state index is 3.59. The van der Waals surface area contributed by atoms with Gasteiger partial charge in [-0.25, -0.2) is 0 Å². The second-order valence-corrected chi connectivity index (χ2v) is 6.58. The highest BCUT2D eigenvalue weighted by Gasteiger charge is 2.15. The molecule has 0 unspecified atom stereocenters. The molecule has 1 aliphatic carbocycles. The quantitative estimate of drug-likeness (QED) is 0.745. The van der Waals surface area contributed by atoms with E-state index in [0.29, 0.717) is 6.04 Å². The van der Waals surface area contributed by atoms with Gasteiger partial charge in [0.05, 0.1) is 0 Å². The Bertz CT molecular complexity index is 314. The van der Waals surface area contributed by atoms with Crippen molar-refractivity contribution in [3.05, 3.63) is 24.3 Å². The molecule has 0 saturated heterocycles. The van der Waals surface area contributed by atoms with E-state index in [-0.39, 0.29) is 0 Å². The molecule has 1 aromatic carbocycles. The minimum atomic E-state index is 0.610. The van der Waals surface area contributed by atoms with E-state index in [2.05, 4.69) is 55.2 Å². The highest BCUT2D eigenvalue weighted by atomic mass is 32.2. The summed E-state index contributed by atoms with van der Waals surface area (Å²) in [5, 5.41) is 4.45. The molecule has 1 fully saturated rings. The Morgan fingerprint density at radius 1 is 1.11 bits per heavy atom. The maximum Gasteiger partial charge on any atom is 0.0343 e. The lowest BCUT2D eigenvalue weighted by Gasteiger charge is -2.16. The smallest absolute Gasteiger partial charge is 0.0343 e. The van der Waals surface area contributed by atoms with Crippen LogP contribution in [0.5, 0.6) is 0 Å². The lowest BCUT2D eigenvalue weighted by Crippen LogP contribution is -2.16. The first-order chi connectivity index (χ1) is 8.81. The van der Waals surface area contributed by atoms with Crippen molar-refractivity contribution in [3.63, 3.8) is 0 Å². The molecular weight excluding hydrogens is 238 g/mol. The summed E-state index contributed by atoms with van der Waals surface area (Å²) in [6.45, 7) is 4.48. The van der Waals surface area contributed by atoms with Crippen LogP contribution >= 0.6 is 11.8 Å². The van der Waals surface area contributed by atoms with E-state index in [1.54, 1.807) is 0 Å². The van der Waals surface area contributed by atoms with Gasteiger partial charge in [0.2, 0.25) is 0 Å². The van der Waals surface area contributed by atoms with Crippen molar-refractivity contribution in [1.29, 1.82) is 0 Å². The summed E-state index contributed by atoms with van der Waals surface area (Å²) in [6.07, 6.45) is 8.03. The maximum atomic E-state index is 3.59. The van der Waals surface area contributed by atoms with Gasteiger partial charge in [0, 0.05) is 21.9 Å². The number of hydrogen-bond acceptors (Lipinski definition) is 2. The van der Waals surface area contributed by atoms with Crippen LogP contribution in [0.1, 0.15) is 52.4 Å². The molecule has 0 heterocycles. The summed E-state index contributed by atoms with van der Waals surface area (Å²) >= 11 is 2.06. The fourth-order valence-electron chi connectivity index (χ4n) is 2.56. The van der Waals surface area contributed by atoms with Crippen molar-refractivity contribution in [2.45, 2.75) is 68.6 Å². The number of nitrogens with one attached hydrogen (secondary N) is 1. The van der Waals surface area contributed by atoms with Crippen LogP contribution in [0, 0.1) is 0 Å². The second-order valence-electron chi connectivity index (χ2n) is 5.21. The van der Waals surface area contributed by atoms with Crippen molar-refractivity contribution in [1.82, 2.24) is 0 Å². The number of hydrogen-bond donors (Lipinski definition) is 1. The van der Waals surface area contributed by atoms with E-state index in [1.165, 1.54) is 49.1 Å². The molecule has 0 aromatic heterocycles. The predicted octanol–water partition coefficient (Wildman–Crippen LogP) is 5.32. The fraction of sp³-hybridized carbons (Fsp3) is 0.625. The van der Waals surface area contributed by atoms with E-state index in [4.69, 9.17) is 0 Å². The van der Waals surface area contributed by atoms with Crippen LogP contribution in [-0.2, 0) is 0 Å². The van der Waals surface area contributed by atoms with Gasteiger partial charge >= 0.3 is 0 Å². The van der Waals surface area contributed by atoms with Crippen LogP contribution in [0.4, 0.5) is 5.69 Å². The normalized spacial score (nSPS) is 16.4. The summed E-state index contributed by atoms with van der Waals surface area (Å²) in [5.74, 6) is 0. The zero-order valence-corrected chi connectivity index (χ0v) is 12.4. The molecule has 0 amide bonds. The summed E-state index contributed by atoms with van der Waals surface area (Å²) in [7, 11) is 0. The molecular formula is C16H25NS. The van der Waals surface area contributed by atoms with Crippen LogP contribution in [0.25, 0.3) is 0 Å². The van der Waals surface area contributed by atoms with Crippen LogP contribution in [-0.4, -0.2) is 11.3 Å². The van der Waals surface area contributed by atoms with Crippen LogP contribution in [0.2, 0.25) is 0 Å². The Morgan fingerprint density at radius 2 is 1.72 bits per heavy atom. The Morgan fingerprint density at radius 3 is 2.28 bits per heavy atom. The molecule has 0 radical (unpaired) electrons. The molecule has 0 spiro atoms. The molecule has 1 N–H and O–H groups in total. The molecule has 2 rings (SSSR count). The van der Waals surface area contributed by atoms with Crippen molar-refractivity contribution in [2.75, 3.05) is 5.32 Å². The lowest BCUT2D eigenvalue weighted by atomic mass is 10.1. The summed E-state index contributed by atoms with van der Waals surface area (Å²) < 4.78 is 0. The Labute approximate surface area is 116 Å². The van der Waals surface area contributed by atoms with Crippen LogP contribution in [0.15, 0.2) is 29.2 Å². The molecule has 0 atom stereocenters. The summed E-state index contributed by atoms with van der Waals surface area (Å²) in [4.78, 5) is 1.43. The molecule has 18 heavy (non-hydrogen) atoms. The van der Waals surface area contributed by atoms with E-state index >= 15 is 0 Å². The van der Waals surface area contributed by atoms with Crippen molar-refractivity contribution in [3.8, 4) is 0 Å². The van der Waals surface area contributed by atoms with Gasteiger partial charge < -0.3 is 5.32 Å². The largest absolute Gasteiger partial charge is 0.382 e. The van der Waals surface area contributed by atoms with Gasteiger partial charge in [0.15, 0.2) is 0 Å². The Kier molecular flexibility index (Phi) is 5.43. The van der Waals surface area contributed by atoms with Gasteiger partial charge in [0.25, 0.3) is 0 Å². The topological polar surface area (TPSA) is 12.0 Å². The van der Waals surface area contributed by atoms with E-state index in [0.717, 1.165) is 5.25 Å². The third-order valence-electron chi connectivity index (χ3n) is 3.82. The molecule has 2 heteroatoms. The average molecular weight is 263 g/mol. The monoisotopic (exact) mass is 263 g/mol. The number of thioether (sulfide) groups is 1. The number of rotatable bonds is 6. The Balaban J connectivity index is 1.88. The highest BCUT2D eigenvalue weighted by molar-refractivity contribution is 8.00. The average Bonchev–Trinajstić information content (AvgIpc) is 2.91. The third-order valence-corrected chi connectivity index (χ3v) is 5.16. The van der Waals surface area contributed by atoms with Crippen LogP contribution < -0.4 is 5.32 Å². The highest BCUT2D eigenvalue weighted by Crippen LogP contribution is 2.35. The zero-order valence-electron chi connectivity index (χ0n) is 11.6. The van der Waals surface area contributed by atoms with Gasteiger partial charge in [0.1, 0.15) is 0 Å². The molecule has 100 valence electrons. The molecule has 0 bridgehead atoms. The molecule has 1 aliphatic rings. The van der Waals surface area contributed by atoms with E-state index in [9.17, 15) is 0 Å². The van der Waals surface area contributed by atoms with Gasteiger partial charge in [-0.05, 0) is 49.9 Å². The Hall–Kier alpha value is -0.630. The second kappa shape index (κ2) is 7.08. The van der Waals surface area contributed by atoms with Crippen LogP contribution in [0.3, 0.4) is 0 Å². The molecule has 1 saturated carbocycles. The first-order valence-corrected chi connectivity index (χ1v) is 8.23. The lowest BCUT2D eigenvalue weighted by molar-refractivity contribution is 0.672. The van der Waals surface area contributed by atoms with Gasteiger partial charge in [-0.3, -0.25) is 0 Å². The molecule has 1 aromatic rings. The minimum absolute atomic E-state index is 0.610. The fourth-order valence-corrected chi connectivity index (χ4v) is 3.80.